The maximum atomic E-state index is 12.4. The number of carboxylic acid groups (broad SMARTS) is 1. The predicted octanol–water partition coefficient (Wildman–Crippen LogP) is 3.14. The minimum atomic E-state index is -1.54. The first-order chi connectivity index (χ1) is 17.1. The molecule has 4 rings (SSSR count). The molecule has 0 radical (unpaired) electrons. The molecule has 3 aromatic carbocycles. The zero-order valence-electron chi connectivity index (χ0n) is 18.7. The van der Waals surface area contributed by atoms with Crippen LogP contribution in [0.15, 0.2) is 54.6 Å². The average molecular weight is 494 g/mol. The van der Waals surface area contributed by atoms with Crippen LogP contribution in [0, 0.1) is 0 Å². The summed E-state index contributed by atoms with van der Waals surface area (Å²) in [6.07, 6.45) is 0.433. The van der Waals surface area contributed by atoms with Crippen molar-refractivity contribution in [2.75, 3.05) is 0 Å². The summed E-state index contributed by atoms with van der Waals surface area (Å²) in [5, 5.41) is 57.9. The number of benzene rings is 3. The standard InChI is InChI=1S/C26H22O10/c27-17-5-1-13(9-20(17)30)10-23(26(33)34)35-24(32)8-4-14-2-7-19(29)25-16(14)12-22(36-25)15-3-6-18(28)21(31)11-15/h1-9,11,22-23,27-31H,10,12H2,(H,33,34)/b8-4+/t22?,23-/m0/s1. The summed E-state index contributed by atoms with van der Waals surface area (Å²) in [4.78, 5) is 24.0. The van der Waals surface area contributed by atoms with E-state index in [2.05, 4.69) is 0 Å². The second-order valence-electron chi connectivity index (χ2n) is 8.16. The number of esters is 1. The van der Waals surface area contributed by atoms with Crippen LogP contribution in [0.3, 0.4) is 0 Å². The highest BCUT2D eigenvalue weighted by Crippen LogP contribution is 2.45. The van der Waals surface area contributed by atoms with Crippen molar-refractivity contribution in [3.63, 3.8) is 0 Å². The Labute approximate surface area is 204 Å². The molecule has 2 atom stereocenters. The molecule has 0 spiro atoms. The Morgan fingerprint density at radius 3 is 2.25 bits per heavy atom. The number of hydrogen-bond acceptors (Lipinski definition) is 9. The summed E-state index contributed by atoms with van der Waals surface area (Å²) >= 11 is 0. The normalized spacial score (nSPS) is 15.3. The highest BCUT2D eigenvalue weighted by Gasteiger charge is 2.29. The topological polar surface area (TPSA) is 174 Å². The molecule has 0 aromatic heterocycles. The van der Waals surface area contributed by atoms with E-state index in [1.165, 1.54) is 42.5 Å². The number of rotatable bonds is 7. The largest absolute Gasteiger partial charge is 0.504 e. The zero-order valence-corrected chi connectivity index (χ0v) is 18.7. The van der Waals surface area contributed by atoms with Gasteiger partial charge in [0.2, 0.25) is 6.10 Å². The quantitative estimate of drug-likeness (QED) is 0.163. The summed E-state index contributed by atoms with van der Waals surface area (Å²) in [6, 6.07) is 11.0. The number of carbonyl (C=O) groups is 2. The lowest BCUT2D eigenvalue weighted by molar-refractivity contribution is -0.160. The summed E-state index contributed by atoms with van der Waals surface area (Å²) in [6.45, 7) is 0. The molecule has 0 aliphatic carbocycles. The SMILES string of the molecule is O=C(/C=C/c1ccc(O)c2c1CC(c1ccc(O)c(O)c1)O2)O[C@@H](Cc1ccc(O)c(O)c1)C(=O)O. The van der Waals surface area contributed by atoms with E-state index in [-0.39, 0.29) is 35.2 Å². The maximum absolute atomic E-state index is 12.4. The fourth-order valence-corrected chi connectivity index (χ4v) is 3.85. The van der Waals surface area contributed by atoms with Gasteiger partial charge in [-0.15, -0.1) is 0 Å². The van der Waals surface area contributed by atoms with Crippen LogP contribution >= 0.6 is 0 Å². The minimum absolute atomic E-state index is 0.113. The van der Waals surface area contributed by atoms with Gasteiger partial charge in [0, 0.05) is 24.5 Å². The second kappa shape index (κ2) is 9.79. The van der Waals surface area contributed by atoms with Gasteiger partial charge in [0.15, 0.2) is 34.5 Å². The summed E-state index contributed by atoms with van der Waals surface area (Å²) in [5.74, 6) is -3.59. The molecule has 0 saturated carbocycles. The number of fused-ring (bicyclic) bond motifs is 1. The van der Waals surface area contributed by atoms with E-state index in [9.17, 15) is 40.2 Å². The smallest absolute Gasteiger partial charge is 0.345 e. The highest BCUT2D eigenvalue weighted by atomic mass is 16.6. The van der Waals surface area contributed by atoms with Gasteiger partial charge in [-0.3, -0.25) is 0 Å². The van der Waals surface area contributed by atoms with E-state index >= 15 is 0 Å². The van der Waals surface area contributed by atoms with Crippen molar-refractivity contribution in [2.45, 2.75) is 25.0 Å². The second-order valence-corrected chi connectivity index (χ2v) is 8.16. The average Bonchev–Trinajstić information content (AvgIpc) is 3.29. The van der Waals surface area contributed by atoms with E-state index < -0.39 is 29.9 Å². The zero-order chi connectivity index (χ0) is 26.0. The number of aromatic hydroxyl groups is 5. The number of carbonyl (C=O) groups excluding carboxylic acids is 1. The molecular formula is C26H22O10. The molecule has 10 nitrogen and oxygen atoms in total. The van der Waals surface area contributed by atoms with Crippen LogP contribution in [-0.2, 0) is 27.2 Å². The van der Waals surface area contributed by atoms with Gasteiger partial charge in [-0.1, -0.05) is 18.2 Å². The lowest BCUT2D eigenvalue weighted by atomic mass is 9.98. The van der Waals surface area contributed by atoms with Crippen LogP contribution in [0.2, 0.25) is 0 Å². The van der Waals surface area contributed by atoms with Crippen LogP contribution in [-0.4, -0.2) is 48.7 Å². The Morgan fingerprint density at radius 2 is 1.58 bits per heavy atom. The Balaban J connectivity index is 1.48. The summed E-state index contributed by atoms with van der Waals surface area (Å²) < 4.78 is 10.9. The maximum Gasteiger partial charge on any atom is 0.345 e. The number of ether oxygens (including phenoxy) is 2. The lowest BCUT2D eigenvalue weighted by Crippen LogP contribution is -2.28. The van der Waals surface area contributed by atoms with E-state index in [4.69, 9.17) is 9.47 Å². The van der Waals surface area contributed by atoms with Gasteiger partial charge in [0.1, 0.15) is 6.10 Å². The number of hydrogen-bond donors (Lipinski definition) is 6. The van der Waals surface area contributed by atoms with E-state index in [1.807, 2.05) is 0 Å². The van der Waals surface area contributed by atoms with Crippen molar-refractivity contribution in [3.8, 4) is 34.5 Å². The Bertz CT molecular complexity index is 1360. The number of carboxylic acids is 1. The lowest BCUT2D eigenvalue weighted by Gasteiger charge is -2.13. The van der Waals surface area contributed by atoms with Gasteiger partial charge in [-0.25, -0.2) is 9.59 Å². The fourth-order valence-electron chi connectivity index (χ4n) is 3.85. The Hall–Kier alpha value is -4.86. The third-order valence-electron chi connectivity index (χ3n) is 5.69. The Kier molecular flexibility index (Phi) is 6.60. The van der Waals surface area contributed by atoms with Crippen LogP contribution in [0.4, 0.5) is 0 Å². The van der Waals surface area contributed by atoms with Gasteiger partial charge < -0.3 is 40.1 Å². The molecule has 0 amide bonds. The first-order valence-electron chi connectivity index (χ1n) is 10.8. The molecule has 1 aliphatic heterocycles. The molecule has 1 heterocycles. The minimum Gasteiger partial charge on any atom is -0.504 e. The van der Waals surface area contributed by atoms with Crippen molar-refractivity contribution in [1.82, 2.24) is 0 Å². The summed E-state index contributed by atoms with van der Waals surface area (Å²) in [7, 11) is 0. The summed E-state index contributed by atoms with van der Waals surface area (Å²) in [5.41, 5.74) is 2.03. The molecule has 0 saturated heterocycles. The van der Waals surface area contributed by atoms with Crippen molar-refractivity contribution in [2.24, 2.45) is 0 Å². The van der Waals surface area contributed by atoms with E-state index in [0.717, 1.165) is 6.08 Å². The first-order valence-corrected chi connectivity index (χ1v) is 10.8. The molecule has 10 heteroatoms. The van der Waals surface area contributed by atoms with Crippen molar-refractivity contribution in [3.05, 3.63) is 76.9 Å². The van der Waals surface area contributed by atoms with Crippen LogP contribution in [0.1, 0.15) is 28.4 Å². The number of phenolic OH excluding ortho intramolecular Hbond substituents is 5. The molecule has 6 N–H and O–H groups in total. The molecule has 0 fully saturated rings. The van der Waals surface area contributed by atoms with Gasteiger partial charge >= 0.3 is 11.9 Å². The van der Waals surface area contributed by atoms with E-state index in [0.29, 0.717) is 28.7 Å². The highest BCUT2D eigenvalue weighted by molar-refractivity contribution is 5.89. The Morgan fingerprint density at radius 1 is 0.917 bits per heavy atom. The van der Waals surface area contributed by atoms with Crippen molar-refractivity contribution < 1.29 is 49.7 Å². The molecule has 36 heavy (non-hydrogen) atoms. The third kappa shape index (κ3) is 5.12. The van der Waals surface area contributed by atoms with E-state index in [1.54, 1.807) is 12.1 Å². The van der Waals surface area contributed by atoms with Gasteiger partial charge in [0.25, 0.3) is 0 Å². The number of phenols is 5. The van der Waals surface area contributed by atoms with Crippen LogP contribution in [0.25, 0.3) is 6.08 Å². The van der Waals surface area contributed by atoms with Gasteiger partial charge in [-0.2, -0.15) is 0 Å². The predicted molar refractivity (Wildman–Crippen MR) is 125 cm³/mol. The van der Waals surface area contributed by atoms with Crippen LogP contribution < -0.4 is 4.74 Å². The van der Waals surface area contributed by atoms with Crippen molar-refractivity contribution in [1.29, 1.82) is 0 Å². The fraction of sp³-hybridized carbons (Fsp3) is 0.154. The third-order valence-corrected chi connectivity index (χ3v) is 5.69. The molecule has 3 aromatic rings. The van der Waals surface area contributed by atoms with Gasteiger partial charge in [-0.05, 0) is 53.1 Å². The van der Waals surface area contributed by atoms with Gasteiger partial charge in [0.05, 0.1) is 0 Å². The first kappa shape index (κ1) is 24.3. The number of aliphatic carboxylic acids is 1. The molecule has 0 bridgehead atoms. The monoisotopic (exact) mass is 494 g/mol. The van der Waals surface area contributed by atoms with Crippen molar-refractivity contribution >= 4 is 18.0 Å². The molecule has 186 valence electrons. The molecule has 1 unspecified atom stereocenters. The molecule has 1 aliphatic rings. The molecular weight excluding hydrogens is 472 g/mol. The van der Waals surface area contributed by atoms with Crippen LogP contribution in [0.5, 0.6) is 34.5 Å².